The van der Waals surface area contributed by atoms with Crippen LogP contribution in [-0.2, 0) is 0 Å². The molecule has 4 heteroatoms. The fourth-order valence-electron chi connectivity index (χ4n) is 7.93. The van der Waals surface area contributed by atoms with E-state index in [1.165, 1.54) is 22.3 Å². The van der Waals surface area contributed by atoms with E-state index in [2.05, 4.69) is 164 Å². The van der Waals surface area contributed by atoms with Crippen LogP contribution in [-0.4, -0.2) is 19.9 Å². The molecule has 6 aromatic carbocycles. The highest BCUT2D eigenvalue weighted by Gasteiger charge is 2.19. The van der Waals surface area contributed by atoms with Gasteiger partial charge < -0.3 is 0 Å². The van der Waals surface area contributed by atoms with Gasteiger partial charge in [0.1, 0.15) is 0 Å². The molecule has 1 aliphatic rings. The fraction of sp³-hybridized carbons (Fsp3) is 0.0566. The van der Waals surface area contributed by atoms with Crippen molar-refractivity contribution >= 4 is 27.4 Å². The third kappa shape index (κ3) is 6.83. The Morgan fingerprint density at radius 3 is 1.79 bits per heavy atom. The molecular formula is C53H38N4. The lowest BCUT2D eigenvalue weighted by atomic mass is 9.85. The molecule has 0 amide bonds. The Balaban J connectivity index is 1.03. The Hall–Kier alpha value is -7.30. The van der Waals surface area contributed by atoms with E-state index in [-0.39, 0.29) is 5.92 Å². The second-order valence-electron chi connectivity index (χ2n) is 14.7. The van der Waals surface area contributed by atoms with Crippen molar-refractivity contribution in [1.82, 2.24) is 19.9 Å². The molecule has 1 aliphatic carbocycles. The van der Waals surface area contributed by atoms with Gasteiger partial charge in [0.15, 0.2) is 5.82 Å². The van der Waals surface area contributed by atoms with Crippen molar-refractivity contribution in [3.05, 3.63) is 211 Å². The van der Waals surface area contributed by atoms with Gasteiger partial charge in [0.25, 0.3) is 0 Å². The lowest BCUT2D eigenvalue weighted by Crippen LogP contribution is -2.01. The average Bonchev–Trinajstić information content (AvgIpc) is 3.29. The third-order valence-corrected chi connectivity index (χ3v) is 10.9. The lowest BCUT2D eigenvalue weighted by molar-refractivity contribution is 0.857. The number of hydrogen-bond acceptors (Lipinski definition) is 4. The SMILES string of the molecule is Cc1ccc2ccc3c(C4=CC(c5cccc(-c6cccc(-c7cc(-c8ccccc8)nc(-c8ccccc8)n7)c6)c5)CC=C4)cc(-c4ccccc4)nc3c2n1. The van der Waals surface area contributed by atoms with Crippen molar-refractivity contribution in [2.45, 2.75) is 19.3 Å². The van der Waals surface area contributed by atoms with Crippen LogP contribution in [0, 0.1) is 6.92 Å². The van der Waals surface area contributed by atoms with Gasteiger partial charge in [-0.15, -0.1) is 0 Å². The third-order valence-electron chi connectivity index (χ3n) is 10.9. The number of hydrogen-bond donors (Lipinski definition) is 0. The predicted octanol–water partition coefficient (Wildman–Crippen LogP) is 13.3. The molecule has 3 heterocycles. The molecule has 57 heavy (non-hydrogen) atoms. The first-order valence-electron chi connectivity index (χ1n) is 19.5. The number of fused-ring (bicyclic) bond motifs is 3. The number of aromatic nitrogens is 4. The zero-order chi connectivity index (χ0) is 38.1. The van der Waals surface area contributed by atoms with Crippen molar-refractivity contribution in [3.8, 4) is 56.3 Å². The number of aryl methyl sites for hydroxylation is 1. The van der Waals surface area contributed by atoms with E-state index in [0.29, 0.717) is 5.82 Å². The van der Waals surface area contributed by atoms with Crippen LogP contribution in [0.4, 0.5) is 0 Å². The minimum atomic E-state index is 0.209. The average molecular weight is 731 g/mol. The Bertz CT molecular complexity index is 2930. The summed E-state index contributed by atoms with van der Waals surface area (Å²) in [6.07, 6.45) is 7.95. The summed E-state index contributed by atoms with van der Waals surface area (Å²) < 4.78 is 0. The largest absolute Gasteiger partial charge is 0.251 e. The first kappa shape index (κ1) is 34.2. The van der Waals surface area contributed by atoms with E-state index < -0.39 is 0 Å². The van der Waals surface area contributed by atoms with E-state index in [9.17, 15) is 0 Å². The van der Waals surface area contributed by atoms with Crippen molar-refractivity contribution in [2.75, 3.05) is 0 Å². The number of pyridine rings is 2. The first-order valence-corrected chi connectivity index (χ1v) is 19.5. The van der Waals surface area contributed by atoms with Gasteiger partial charge in [0.05, 0.1) is 28.1 Å². The Labute approximate surface area is 332 Å². The molecule has 0 radical (unpaired) electrons. The highest BCUT2D eigenvalue weighted by atomic mass is 14.9. The molecule has 10 rings (SSSR count). The second kappa shape index (κ2) is 14.7. The van der Waals surface area contributed by atoms with E-state index in [0.717, 1.165) is 78.8 Å². The Morgan fingerprint density at radius 2 is 1.05 bits per heavy atom. The topological polar surface area (TPSA) is 51.6 Å². The zero-order valence-electron chi connectivity index (χ0n) is 31.5. The minimum absolute atomic E-state index is 0.209. The van der Waals surface area contributed by atoms with Crippen molar-refractivity contribution in [3.63, 3.8) is 0 Å². The summed E-state index contributed by atoms with van der Waals surface area (Å²) >= 11 is 0. The Morgan fingerprint density at radius 1 is 0.456 bits per heavy atom. The molecule has 1 atom stereocenters. The van der Waals surface area contributed by atoms with Crippen LogP contribution in [0.1, 0.15) is 29.2 Å². The molecule has 270 valence electrons. The Kier molecular flexibility index (Phi) is 8.85. The summed E-state index contributed by atoms with van der Waals surface area (Å²) in [5.74, 6) is 0.922. The van der Waals surface area contributed by atoms with E-state index >= 15 is 0 Å². The molecule has 1 unspecified atom stereocenters. The van der Waals surface area contributed by atoms with Gasteiger partial charge in [-0.2, -0.15) is 0 Å². The molecule has 0 saturated heterocycles. The van der Waals surface area contributed by atoms with E-state index in [1.807, 2.05) is 37.3 Å². The van der Waals surface area contributed by atoms with Gasteiger partial charge >= 0.3 is 0 Å². The van der Waals surface area contributed by atoms with Crippen LogP contribution < -0.4 is 0 Å². The molecule has 0 N–H and O–H groups in total. The van der Waals surface area contributed by atoms with Crippen LogP contribution >= 0.6 is 0 Å². The van der Waals surface area contributed by atoms with Gasteiger partial charge in [0.2, 0.25) is 0 Å². The minimum Gasteiger partial charge on any atom is -0.251 e. The summed E-state index contributed by atoms with van der Waals surface area (Å²) in [7, 11) is 0. The van der Waals surface area contributed by atoms with Gasteiger partial charge in [-0.3, -0.25) is 4.98 Å². The van der Waals surface area contributed by atoms with E-state index in [1.54, 1.807) is 0 Å². The van der Waals surface area contributed by atoms with Crippen LogP contribution in [0.5, 0.6) is 0 Å². The molecule has 0 fully saturated rings. The van der Waals surface area contributed by atoms with Crippen LogP contribution in [0.15, 0.2) is 194 Å². The summed E-state index contributed by atoms with van der Waals surface area (Å²) in [6, 6.07) is 61.6. The van der Waals surface area contributed by atoms with Crippen molar-refractivity contribution < 1.29 is 0 Å². The lowest BCUT2D eigenvalue weighted by Gasteiger charge is -2.20. The van der Waals surface area contributed by atoms with Crippen LogP contribution in [0.3, 0.4) is 0 Å². The maximum atomic E-state index is 5.24. The first-order chi connectivity index (χ1) is 28.1. The highest BCUT2D eigenvalue weighted by Crippen LogP contribution is 2.39. The molecule has 9 aromatic rings. The predicted molar refractivity (Wildman–Crippen MR) is 235 cm³/mol. The summed E-state index contributed by atoms with van der Waals surface area (Å²) in [6.45, 7) is 2.04. The fourth-order valence-corrected chi connectivity index (χ4v) is 7.93. The number of nitrogens with zero attached hydrogens (tertiary/aromatic N) is 4. The van der Waals surface area contributed by atoms with Gasteiger partial charge in [0, 0.05) is 44.6 Å². The van der Waals surface area contributed by atoms with Gasteiger partial charge in [-0.1, -0.05) is 170 Å². The monoisotopic (exact) mass is 730 g/mol. The second-order valence-corrected chi connectivity index (χ2v) is 14.7. The molecule has 0 saturated carbocycles. The van der Waals surface area contributed by atoms with Gasteiger partial charge in [-0.05, 0) is 65.4 Å². The summed E-state index contributed by atoms with van der Waals surface area (Å²) in [5, 5.41) is 2.20. The van der Waals surface area contributed by atoms with E-state index in [4.69, 9.17) is 19.9 Å². The normalized spacial score (nSPS) is 13.8. The van der Waals surface area contributed by atoms with Crippen LogP contribution in [0.25, 0.3) is 83.7 Å². The zero-order valence-corrected chi connectivity index (χ0v) is 31.5. The van der Waals surface area contributed by atoms with Crippen molar-refractivity contribution in [2.24, 2.45) is 0 Å². The molecule has 4 nitrogen and oxygen atoms in total. The number of rotatable bonds is 7. The maximum Gasteiger partial charge on any atom is 0.160 e. The quantitative estimate of drug-likeness (QED) is 0.153. The summed E-state index contributed by atoms with van der Waals surface area (Å²) in [5.41, 5.74) is 15.8. The molecule has 0 bridgehead atoms. The maximum absolute atomic E-state index is 5.24. The standard InChI is InChI=1S/C53H38N4/c1-35-26-27-38-28-29-46-47(33-48(36-14-5-2-6-15-36)55-52(46)51(38)54-35)44-24-12-22-42(31-44)40-20-11-21-41(30-40)43-23-13-25-45(32-43)50-34-49(37-16-7-3-8-17-37)56-53(57-50)39-18-9-4-10-19-39/h2-21,23-34,42H,22H2,1H3. The highest BCUT2D eigenvalue weighted by molar-refractivity contribution is 6.08. The van der Waals surface area contributed by atoms with Gasteiger partial charge in [-0.25, -0.2) is 15.0 Å². The molecular weight excluding hydrogens is 693 g/mol. The molecule has 0 aliphatic heterocycles. The molecule has 3 aromatic heterocycles. The van der Waals surface area contributed by atoms with Crippen LogP contribution in [0.2, 0.25) is 0 Å². The smallest absolute Gasteiger partial charge is 0.160 e. The number of allylic oxidation sites excluding steroid dienone is 4. The number of benzene rings is 6. The van der Waals surface area contributed by atoms with Crippen molar-refractivity contribution in [1.29, 1.82) is 0 Å². The molecule has 0 spiro atoms. The summed E-state index contributed by atoms with van der Waals surface area (Å²) in [4.78, 5) is 20.3.